The van der Waals surface area contributed by atoms with E-state index in [0.29, 0.717) is 11.1 Å². The molecule has 4 aromatic carbocycles. The third-order valence-electron chi connectivity index (χ3n) is 7.08. The fourth-order valence-electron chi connectivity index (χ4n) is 5.66. The molecule has 0 amide bonds. The van der Waals surface area contributed by atoms with Crippen molar-refractivity contribution in [2.75, 3.05) is 0 Å². The van der Waals surface area contributed by atoms with Gasteiger partial charge in [0.05, 0.1) is 0 Å². The van der Waals surface area contributed by atoms with E-state index in [4.69, 9.17) is 0 Å². The molecule has 2 heteroatoms. The van der Waals surface area contributed by atoms with Crippen molar-refractivity contribution in [3.05, 3.63) is 116 Å². The van der Waals surface area contributed by atoms with Crippen molar-refractivity contribution in [3.63, 3.8) is 0 Å². The molecule has 0 aliphatic rings. The molecule has 0 aliphatic heterocycles. The van der Waals surface area contributed by atoms with Gasteiger partial charge in [-0.3, -0.25) is 9.59 Å². The Morgan fingerprint density at radius 2 is 0.722 bits per heavy atom. The fourth-order valence-corrected chi connectivity index (χ4v) is 5.66. The molecule has 0 N–H and O–H groups in total. The minimum absolute atomic E-state index is 0.458. The molecule has 0 bridgehead atoms. The van der Waals surface area contributed by atoms with Crippen LogP contribution in [0.15, 0.2) is 60.7 Å². The van der Waals surface area contributed by atoms with Gasteiger partial charge in [0.1, 0.15) is 0 Å². The minimum Gasteiger partial charge on any atom is -0.285 e. The molecule has 0 fully saturated rings. The number of Topliss-reactive ketones (excluding diaryl/α,β-unsaturated/α-hetero) is 2. The smallest absolute Gasteiger partial charge is 0.233 e. The first-order valence-corrected chi connectivity index (χ1v) is 12.4. The van der Waals surface area contributed by atoms with Crippen LogP contribution in [-0.4, -0.2) is 11.6 Å². The first-order chi connectivity index (χ1) is 17.0. The summed E-state index contributed by atoms with van der Waals surface area (Å²) in [4.78, 5) is 26.6. The summed E-state index contributed by atoms with van der Waals surface area (Å²) in [6.07, 6.45) is 0. The molecule has 0 atom stereocenters. The van der Waals surface area contributed by atoms with Crippen molar-refractivity contribution < 1.29 is 9.59 Å². The lowest BCUT2D eigenvalue weighted by molar-refractivity contribution is 0.0816. The molecule has 0 saturated heterocycles. The maximum Gasteiger partial charge on any atom is 0.233 e. The lowest BCUT2D eigenvalue weighted by atomic mass is 9.88. The summed E-state index contributed by atoms with van der Waals surface area (Å²) in [5.74, 6) is -0.926. The highest BCUT2D eigenvalue weighted by molar-refractivity contribution is 6.49. The molecule has 4 rings (SSSR count). The molecule has 2 nitrogen and oxygen atoms in total. The van der Waals surface area contributed by atoms with Gasteiger partial charge in [-0.15, -0.1) is 0 Å². The van der Waals surface area contributed by atoms with Crippen LogP contribution < -0.4 is 0 Å². The lowest BCUT2D eigenvalue weighted by Gasteiger charge is -2.15. The Balaban J connectivity index is 1.66. The normalized spacial score (nSPS) is 11.0. The van der Waals surface area contributed by atoms with E-state index >= 15 is 0 Å². The van der Waals surface area contributed by atoms with Crippen LogP contribution in [-0.2, 0) is 0 Å². The van der Waals surface area contributed by atoms with E-state index in [9.17, 15) is 9.59 Å². The first-order valence-electron chi connectivity index (χ1n) is 12.4. The van der Waals surface area contributed by atoms with Crippen LogP contribution in [0.4, 0.5) is 0 Å². The quantitative estimate of drug-likeness (QED) is 0.214. The van der Waals surface area contributed by atoms with Crippen molar-refractivity contribution in [3.8, 4) is 22.3 Å². The van der Waals surface area contributed by atoms with Gasteiger partial charge in [0, 0.05) is 11.1 Å². The Morgan fingerprint density at radius 1 is 0.417 bits per heavy atom. The molecule has 0 radical (unpaired) electrons. The zero-order valence-corrected chi connectivity index (χ0v) is 22.6. The maximum absolute atomic E-state index is 13.3. The van der Waals surface area contributed by atoms with Gasteiger partial charge < -0.3 is 0 Å². The monoisotopic (exact) mass is 474 g/mol. The summed E-state index contributed by atoms with van der Waals surface area (Å²) in [7, 11) is 0. The minimum atomic E-state index is -0.463. The summed E-state index contributed by atoms with van der Waals surface area (Å²) in [5, 5.41) is 0. The van der Waals surface area contributed by atoms with Crippen LogP contribution in [0, 0.1) is 55.4 Å². The van der Waals surface area contributed by atoms with Gasteiger partial charge in [0.15, 0.2) is 0 Å². The van der Waals surface area contributed by atoms with Crippen LogP contribution in [0.2, 0.25) is 0 Å². The van der Waals surface area contributed by atoms with E-state index < -0.39 is 11.6 Å². The second-order valence-corrected chi connectivity index (χ2v) is 10.3. The molecule has 0 aromatic heterocycles. The molecular formula is C34H34O2. The molecule has 0 spiro atoms. The number of benzene rings is 4. The van der Waals surface area contributed by atoms with Crippen molar-refractivity contribution in [1.29, 1.82) is 0 Å². The van der Waals surface area contributed by atoms with Gasteiger partial charge in [-0.1, -0.05) is 71.8 Å². The van der Waals surface area contributed by atoms with E-state index in [2.05, 4.69) is 65.8 Å². The average Bonchev–Trinajstić information content (AvgIpc) is 2.77. The number of rotatable bonds is 5. The Morgan fingerprint density at radius 3 is 1.00 bits per heavy atom. The van der Waals surface area contributed by atoms with Crippen LogP contribution in [0.3, 0.4) is 0 Å². The third-order valence-corrected chi connectivity index (χ3v) is 7.08. The highest BCUT2D eigenvalue weighted by Gasteiger charge is 2.23. The van der Waals surface area contributed by atoms with E-state index in [0.717, 1.165) is 22.3 Å². The summed E-state index contributed by atoms with van der Waals surface area (Å²) < 4.78 is 0. The molecule has 0 heterocycles. The maximum atomic E-state index is 13.3. The largest absolute Gasteiger partial charge is 0.285 e. The van der Waals surface area contributed by atoms with Gasteiger partial charge in [-0.05, 0) is 111 Å². The van der Waals surface area contributed by atoms with Crippen molar-refractivity contribution in [1.82, 2.24) is 0 Å². The number of hydrogen-bond acceptors (Lipinski definition) is 2. The number of aryl methyl sites for hydroxylation is 8. The predicted molar refractivity (Wildman–Crippen MR) is 150 cm³/mol. The Hall–Kier alpha value is -3.78. The van der Waals surface area contributed by atoms with Gasteiger partial charge in [-0.25, -0.2) is 0 Å². The van der Waals surface area contributed by atoms with Gasteiger partial charge >= 0.3 is 0 Å². The average molecular weight is 475 g/mol. The van der Waals surface area contributed by atoms with Gasteiger partial charge in [-0.2, -0.15) is 0 Å². The number of ketones is 2. The summed E-state index contributed by atoms with van der Waals surface area (Å²) in [6.45, 7) is 16.4. The topological polar surface area (TPSA) is 34.1 Å². The molecule has 0 aliphatic carbocycles. The Labute approximate surface area is 215 Å². The van der Waals surface area contributed by atoms with Crippen LogP contribution in [0.5, 0.6) is 0 Å². The molecule has 0 saturated carbocycles. The van der Waals surface area contributed by atoms with Gasteiger partial charge in [0.2, 0.25) is 11.6 Å². The zero-order chi connectivity index (χ0) is 26.3. The number of carbonyl (C=O) groups excluding carboxylic acids is 2. The summed E-state index contributed by atoms with van der Waals surface area (Å²) in [6, 6.07) is 20.2. The Bertz CT molecular complexity index is 1370. The SMILES string of the molecule is Cc1cc(C)c(-c2ccc(C(=O)C(=O)c3ccc(-c4c(C)cc(C)cc4C)cc3C)c(C)c2)c(C)c1. The summed E-state index contributed by atoms with van der Waals surface area (Å²) in [5.41, 5.74) is 14.3. The van der Waals surface area contributed by atoms with Crippen molar-refractivity contribution in [2.24, 2.45) is 0 Å². The highest BCUT2D eigenvalue weighted by Crippen LogP contribution is 2.32. The van der Waals surface area contributed by atoms with E-state index in [1.165, 1.54) is 44.5 Å². The van der Waals surface area contributed by atoms with Crippen molar-refractivity contribution in [2.45, 2.75) is 55.4 Å². The van der Waals surface area contributed by atoms with Crippen LogP contribution >= 0.6 is 0 Å². The molecule has 182 valence electrons. The third kappa shape index (κ3) is 4.68. The zero-order valence-electron chi connectivity index (χ0n) is 22.6. The van der Waals surface area contributed by atoms with Crippen LogP contribution in [0.25, 0.3) is 22.3 Å². The van der Waals surface area contributed by atoms with Crippen LogP contribution in [0.1, 0.15) is 65.2 Å². The van der Waals surface area contributed by atoms with Crippen molar-refractivity contribution >= 4 is 11.6 Å². The summed E-state index contributed by atoms with van der Waals surface area (Å²) >= 11 is 0. The molecule has 0 unspecified atom stereocenters. The first kappa shape index (κ1) is 25.3. The number of carbonyl (C=O) groups is 2. The van der Waals surface area contributed by atoms with Gasteiger partial charge in [0.25, 0.3) is 0 Å². The lowest BCUT2D eigenvalue weighted by Crippen LogP contribution is -2.17. The molecule has 36 heavy (non-hydrogen) atoms. The second kappa shape index (κ2) is 9.70. The molecule has 4 aromatic rings. The Kier molecular flexibility index (Phi) is 6.82. The highest BCUT2D eigenvalue weighted by atomic mass is 16.2. The molecular weight excluding hydrogens is 440 g/mol. The fraction of sp³-hybridized carbons (Fsp3) is 0.235. The van der Waals surface area contributed by atoms with E-state index in [1.54, 1.807) is 12.1 Å². The predicted octanol–water partition coefficient (Wildman–Crippen LogP) is 8.55. The standard InChI is InChI=1S/C34H34O2/c1-19-13-23(5)31(24(6)14-19)27-9-11-29(21(3)17-27)33(35)34(36)30-12-10-28(18-22(30)4)32-25(7)15-20(2)16-26(32)8/h9-18H,1-8H3. The number of hydrogen-bond donors (Lipinski definition) is 0. The second-order valence-electron chi connectivity index (χ2n) is 10.3. The van der Waals surface area contributed by atoms with E-state index in [-0.39, 0.29) is 0 Å². The van der Waals surface area contributed by atoms with E-state index in [1.807, 2.05) is 38.1 Å².